The van der Waals surface area contributed by atoms with Gasteiger partial charge in [-0.05, 0) is 49.1 Å². The molecular weight excluding hydrogens is 415 g/mol. The number of hydrogen-bond donors (Lipinski definition) is 1. The number of aromatic nitrogens is 3. The number of para-hydroxylation sites is 1. The first-order valence-electron chi connectivity index (χ1n) is 10.2. The molecule has 0 saturated carbocycles. The first-order valence-corrected chi connectivity index (χ1v) is 11.2. The third kappa shape index (κ3) is 5.85. The summed E-state index contributed by atoms with van der Waals surface area (Å²) in [5.41, 5.74) is 2.44. The molecular formula is C23H27FN4O2S. The monoisotopic (exact) mass is 442 g/mol. The lowest BCUT2D eigenvalue weighted by molar-refractivity contribution is -0.113. The number of halogens is 1. The van der Waals surface area contributed by atoms with E-state index in [1.54, 1.807) is 12.1 Å². The highest BCUT2D eigenvalue weighted by Gasteiger charge is 2.16. The summed E-state index contributed by atoms with van der Waals surface area (Å²) in [5.74, 6) is 1.21. The maximum absolute atomic E-state index is 13.7. The van der Waals surface area contributed by atoms with E-state index < -0.39 is 5.82 Å². The molecule has 1 aromatic heterocycles. The molecule has 0 aliphatic heterocycles. The number of rotatable bonds is 9. The first-order chi connectivity index (χ1) is 14.9. The SMILES string of the molecule is CCn1c(COc2cc(C)ccc2C(C)C)nnc1SCC(=O)Nc1ccccc1F. The van der Waals surface area contributed by atoms with Crippen LogP contribution in [-0.2, 0) is 17.9 Å². The Bertz CT molecular complexity index is 1050. The number of thioether (sulfide) groups is 1. The van der Waals surface area contributed by atoms with Crippen LogP contribution in [0.4, 0.5) is 10.1 Å². The number of amides is 1. The number of carbonyl (C=O) groups excluding carboxylic acids is 1. The Morgan fingerprint density at radius 2 is 2.00 bits per heavy atom. The number of nitrogens with one attached hydrogen (secondary N) is 1. The van der Waals surface area contributed by atoms with Crippen LogP contribution in [0.3, 0.4) is 0 Å². The summed E-state index contributed by atoms with van der Waals surface area (Å²) >= 11 is 1.26. The van der Waals surface area contributed by atoms with Crippen molar-refractivity contribution in [3.05, 3.63) is 65.2 Å². The molecule has 0 radical (unpaired) electrons. The number of nitrogens with zero attached hydrogens (tertiary/aromatic N) is 3. The molecule has 31 heavy (non-hydrogen) atoms. The lowest BCUT2D eigenvalue weighted by atomic mass is 10.0. The minimum Gasteiger partial charge on any atom is -0.485 e. The fourth-order valence-electron chi connectivity index (χ4n) is 3.12. The van der Waals surface area contributed by atoms with Crippen molar-refractivity contribution in [3.63, 3.8) is 0 Å². The van der Waals surface area contributed by atoms with Crippen LogP contribution in [-0.4, -0.2) is 26.4 Å². The van der Waals surface area contributed by atoms with Gasteiger partial charge in [-0.25, -0.2) is 4.39 Å². The highest BCUT2D eigenvalue weighted by Crippen LogP contribution is 2.28. The van der Waals surface area contributed by atoms with E-state index in [1.165, 1.54) is 23.9 Å². The van der Waals surface area contributed by atoms with Gasteiger partial charge in [0.15, 0.2) is 11.0 Å². The standard InChI is InChI=1S/C23H27FN4O2S/c1-5-28-21(13-30-20-12-16(4)10-11-17(20)15(2)3)26-27-23(28)31-14-22(29)25-19-9-7-6-8-18(19)24/h6-12,15H,5,13-14H2,1-4H3,(H,25,29). The predicted molar refractivity (Wildman–Crippen MR) is 121 cm³/mol. The topological polar surface area (TPSA) is 69.0 Å². The predicted octanol–water partition coefficient (Wildman–Crippen LogP) is 5.18. The minimum atomic E-state index is -0.464. The van der Waals surface area contributed by atoms with Crippen LogP contribution >= 0.6 is 11.8 Å². The summed E-state index contributed by atoms with van der Waals surface area (Å²) in [7, 11) is 0. The fourth-order valence-corrected chi connectivity index (χ4v) is 3.94. The molecule has 164 valence electrons. The highest BCUT2D eigenvalue weighted by atomic mass is 32.2. The zero-order valence-corrected chi connectivity index (χ0v) is 19.0. The van der Waals surface area contributed by atoms with Gasteiger partial charge in [0.25, 0.3) is 0 Å². The molecule has 0 saturated heterocycles. The quantitative estimate of drug-likeness (QED) is 0.463. The van der Waals surface area contributed by atoms with E-state index in [0.717, 1.165) is 16.9 Å². The minimum absolute atomic E-state index is 0.0999. The van der Waals surface area contributed by atoms with Crippen molar-refractivity contribution in [1.29, 1.82) is 0 Å². The van der Waals surface area contributed by atoms with E-state index in [0.29, 0.717) is 23.4 Å². The van der Waals surface area contributed by atoms with E-state index >= 15 is 0 Å². The smallest absolute Gasteiger partial charge is 0.234 e. The van der Waals surface area contributed by atoms with Gasteiger partial charge in [0.1, 0.15) is 18.2 Å². The van der Waals surface area contributed by atoms with Crippen molar-refractivity contribution in [2.45, 2.75) is 51.9 Å². The van der Waals surface area contributed by atoms with E-state index in [9.17, 15) is 9.18 Å². The summed E-state index contributed by atoms with van der Waals surface area (Å²) in [6.07, 6.45) is 0. The second-order valence-electron chi connectivity index (χ2n) is 7.44. The van der Waals surface area contributed by atoms with Gasteiger partial charge in [0.05, 0.1) is 11.4 Å². The number of aryl methyl sites for hydroxylation is 1. The number of carbonyl (C=O) groups is 1. The molecule has 2 aromatic carbocycles. The van der Waals surface area contributed by atoms with Crippen LogP contribution in [0, 0.1) is 12.7 Å². The summed E-state index contributed by atoms with van der Waals surface area (Å²) in [6.45, 7) is 9.22. The zero-order chi connectivity index (χ0) is 22.4. The number of ether oxygens (including phenoxy) is 1. The van der Waals surface area contributed by atoms with Gasteiger partial charge in [-0.2, -0.15) is 0 Å². The van der Waals surface area contributed by atoms with Gasteiger partial charge >= 0.3 is 0 Å². The molecule has 3 aromatic rings. The highest BCUT2D eigenvalue weighted by molar-refractivity contribution is 7.99. The van der Waals surface area contributed by atoms with Gasteiger partial charge in [-0.15, -0.1) is 10.2 Å². The summed E-state index contributed by atoms with van der Waals surface area (Å²) in [6, 6.07) is 12.3. The summed E-state index contributed by atoms with van der Waals surface area (Å²) in [4.78, 5) is 12.2. The Balaban J connectivity index is 1.64. The maximum atomic E-state index is 13.7. The molecule has 0 atom stereocenters. The Morgan fingerprint density at radius 3 is 2.71 bits per heavy atom. The van der Waals surface area contributed by atoms with Crippen LogP contribution in [0.25, 0.3) is 0 Å². The molecule has 1 amide bonds. The molecule has 3 rings (SSSR count). The van der Waals surface area contributed by atoms with E-state index in [2.05, 4.69) is 41.5 Å². The Hall–Kier alpha value is -2.87. The zero-order valence-electron chi connectivity index (χ0n) is 18.2. The Kier molecular flexibility index (Phi) is 7.68. The van der Waals surface area contributed by atoms with E-state index in [-0.39, 0.29) is 24.0 Å². The van der Waals surface area contributed by atoms with Crippen LogP contribution in [0.2, 0.25) is 0 Å². The molecule has 1 heterocycles. The summed E-state index contributed by atoms with van der Waals surface area (Å²) in [5, 5.41) is 11.7. The van der Waals surface area contributed by atoms with Crippen LogP contribution < -0.4 is 10.1 Å². The molecule has 0 bridgehead atoms. The Labute approximate surface area is 186 Å². The maximum Gasteiger partial charge on any atom is 0.234 e. The molecule has 8 heteroatoms. The molecule has 0 spiro atoms. The second kappa shape index (κ2) is 10.4. The lowest BCUT2D eigenvalue weighted by Gasteiger charge is -2.15. The normalized spacial score (nSPS) is 11.0. The largest absolute Gasteiger partial charge is 0.485 e. The number of anilines is 1. The molecule has 0 unspecified atom stereocenters. The van der Waals surface area contributed by atoms with Gasteiger partial charge < -0.3 is 14.6 Å². The van der Waals surface area contributed by atoms with Crippen LogP contribution in [0.1, 0.15) is 43.6 Å². The molecule has 0 aliphatic carbocycles. The van der Waals surface area contributed by atoms with Crippen molar-refractivity contribution in [2.75, 3.05) is 11.1 Å². The lowest BCUT2D eigenvalue weighted by Crippen LogP contribution is -2.15. The molecule has 0 fully saturated rings. The van der Waals surface area contributed by atoms with Gasteiger partial charge in [-0.1, -0.05) is 49.9 Å². The average Bonchev–Trinajstić information content (AvgIpc) is 3.14. The van der Waals surface area contributed by atoms with Crippen molar-refractivity contribution < 1.29 is 13.9 Å². The van der Waals surface area contributed by atoms with E-state index in [1.807, 2.05) is 24.5 Å². The van der Waals surface area contributed by atoms with Gasteiger partial charge in [0.2, 0.25) is 5.91 Å². The third-order valence-corrected chi connectivity index (χ3v) is 5.70. The number of hydrogen-bond acceptors (Lipinski definition) is 5. The van der Waals surface area contributed by atoms with Gasteiger partial charge in [-0.3, -0.25) is 4.79 Å². The van der Waals surface area contributed by atoms with Crippen molar-refractivity contribution >= 4 is 23.4 Å². The van der Waals surface area contributed by atoms with Crippen molar-refractivity contribution in [3.8, 4) is 5.75 Å². The van der Waals surface area contributed by atoms with Crippen LogP contribution in [0.5, 0.6) is 5.75 Å². The second-order valence-corrected chi connectivity index (χ2v) is 8.39. The third-order valence-electron chi connectivity index (χ3n) is 4.74. The molecule has 0 aliphatic rings. The van der Waals surface area contributed by atoms with Crippen molar-refractivity contribution in [1.82, 2.24) is 14.8 Å². The number of benzene rings is 2. The van der Waals surface area contributed by atoms with E-state index in [4.69, 9.17) is 4.74 Å². The Morgan fingerprint density at radius 1 is 1.23 bits per heavy atom. The average molecular weight is 443 g/mol. The van der Waals surface area contributed by atoms with Gasteiger partial charge in [0, 0.05) is 6.54 Å². The van der Waals surface area contributed by atoms with Crippen LogP contribution in [0.15, 0.2) is 47.6 Å². The van der Waals surface area contributed by atoms with Crippen molar-refractivity contribution in [2.24, 2.45) is 0 Å². The molecule has 1 N–H and O–H groups in total. The summed E-state index contributed by atoms with van der Waals surface area (Å²) < 4.78 is 21.7. The fraction of sp³-hybridized carbons (Fsp3) is 0.348. The molecule has 6 nitrogen and oxygen atoms in total. The first kappa shape index (κ1) is 22.8.